The summed E-state index contributed by atoms with van der Waals surface area (Å²) < 4.78 is 0. The van der Waals surface area contributed by atoms with Crippen LogP contribution in [0.2, 0.25) is 0 Å². The van der Waals surface area contributed by atoms with Crippen LogP contribution < -0.4 is 4.90 Å². The van der Waals surface area contributed by atoms with Gasteiger partial charge >= 0.3 is 0 Å². The summed E-state index contributed by atoms with van der Waals surface area (Å²) in [4.78, 5) is 13.2. The zero-order valence-electron chi connectivity index (χ0n) is 28.7. The van der Waals surface area contributed by atoms with E-state index in [2.05, 4.69) is 67.3 Å². The summed E-state index contributed by atoms with van der Waals surface area (Å²) in [5.74, 6) is 5.56. The van der Waals surface area contributed by atoms with Gasteiger partial charge in [0.1, 0.15) is 0 Å². The first-order valence-electron chi connectivity index (χ1n) is 17.3. The minimum Gasteiger partial charge on any atom is -0.374 e. The number of non-ortho nitro benzene ring substituents is 1. The predicted octanol–water partition coefficient (Wildman–Crippen LogP) is 12.0. The summed E-state index contributed by atoms with van der Waals surface area (Å²) >= 11 is 0. The van der Waals surface area contributed by atoms with Gasteiger partial charge in [-0.15, -0.1) is 0 Å². The van der Waals surface area contributed by atoms with Crippen LogP contribution in [0.5, 0.6) is 0 Å². The molecule has 238 valence electrons. The number of benzene rings is 1. The fourth-order valence-corrected chi connectivity index (χ4v) is 6.18. The Hall–Kier alpha value is -1.58. The van der Waals surface area contributed by atoms with Crippen LogP contribution in [0, 0.1) is 51.5 Å². The lowest BCUT2D eigenvalue weighted by atomic mass is 9.84. The Bertz CT molecular complexity index is 729. The molecule has 0 fully saturated rings. The fraction of sp³-hybridized carbons (Fsp3) is 0.838. The Morgan fingerprint density at radius 3 is 1.22 bits per heavy atom. The lowest BCUT2D eigenvalue weighted by Crippen LogP contribution is -2.26. The van der Waals surface area contributed by atoms with Crippen molar-refractivity contribution >= 4 is 11.4 Å². The van der Waals surface area contributed by atoms with Crippen molar-refractivity contribution in [2.24, 2.45) is 41.4 Å². The van der Waals surface area contributed by atoms with Crippen LogP contribution in [0.3, 0.4) is 0 Å². The SMILES string of the molecule is CC(C)CCC(CCCC(CCCC(CCC(C)C)CCC(C)C)CN(C)c1ccc([N+](=O)[O-])cc1)CCC(C)C. The van der Waals surface area contributed by atoms with Gasteiger partial charge < -0.3 is 4.90 Å². The molecule has 0 N–H and O–H groups in total. The molecule has 0 bridgehead atoms. The van der Waals surface area contributed by atoms with Crippen LogP contribution in [0.1, 0.15) is 145 Å². The number of anilines is 1. The van der Waals surface area contributed by atoms with Crippen molar-refractivity contribution in [1.29, 1.82) is 0 Å². The van der Waals surface area contributed by atoms with E-state index in [1.54, 1.807) is 12.1 Å². The molecular formula is C37H68N2O2. The number of nitro groups is 1. The quantitative estimate of drug-likeness (QED) is 0.0914. The van der Waals surface area contributed by atoms with Gasteiger partial charge in [0.25, 0.3) is 5.69 Å². The highest BCUT2D eigenvalue weighted by Gasteiger charge is 2.18. The second kappa shape index (κ2) is 21.2. The van der Waals surface area contributed by atoms with Crippen LogP contribution in [0.4, 0.5) is 11.4 Å². The molecule has 1 aromatic carbocycles. The van der Waals surface area contributed by atoms with Crippen molar-refractivity contribution in [3.63, 3.8) is 0 Å². The van der Waals surface area contributed by atoms with E-state index in [9.17, 15) is 10.1 Å². The van der Waals surface area contributed by atoms with E-state index in [4.69, 9.17) is 0 Å². The van der Waals surface area contributed by atoms with E-state index < -0.39 is 0 Å². The third-order valence-corrected chi connectivity index (χ3v) is 9.09. The Balaban J connectivity index is 2.84. The van der Waals surface area contributed by atoms with Crippen molar-refractivity contribution in [3.05, 3.63) is 34.4 Å². The average Bonchev–Trinajstić information content (AvgIpc) is 2.90. The lowest BCUT2D eigenvalue weighted by Gasteiger charge is -2.27. The Kier molecular flexibility index (Phi) is 19.3. The zero-order chi connectivity index (χ0) is 30.8. The second-order valence-electron chi connectivity index (χ2n) is 15.0. The van der Waals surface area contributed by atoms with E-state index in [0.29, 0.717) is 5.92 Å². The summed E-state index contributed by atoms with van der Waals surface area (Å²) in [6.45, 7) is 19.9. The maximum absolute atomic E-state index is 11.1. The minimum atomic E-state index is -0.309. The first kappa shape index (κ1) is 37.4. The molecule has 0 unspecified atom stereocenters. The molecule has 0 spiro atoms. The summed E-state index contributed by atoms with van der Waals surface area (Å²) in [5, 5.41) is 11.1. The van der Waals surface area contributed by atoms with Gasteiger partial charge in [-0.1, -0.05) is 132 Å². The van der Waals surface area contributed by atoms with Gasteiger partial charge in [0, 0.05) is 31.4 Å². The maximum Gasteiger partial charge on any atom is 0.269 e. The van der Waals surface area contributed by atoms with E-state index in [1.807, 2.05) is 12.1 Å². The first-order chi connectivity index (χ1) is 19.4. The zero-order valence-corrected chi connectivity index (χ0v) is 28.7. The summed E-state index contributed by atoms with van der Waals surface area (Å²) in [7, 11) is 2.16. The van der Waals surface area contributed by atoms with E-state index in [1.165, 1.54) is 89.9 Å². The molecule has 0 aliphatic rings. The summed E-state index contributed by atoms with van der Waals surface area (Å²) in [5.41, 5.74) is 1.25. The molecule has 0 atom stereocenters. The van der Waals surface area contributed by atoms with Crippen LogP contribution >= 0.6 is 0 Å². The molecule has 0 aliphatic heterocycles. The number of nitrogens with zero attached hydrogens (tertiary/aromatic N) is 2. The molecule has 4 nitrogen and oxygen atoms in total. The third kappa shape index (κ3) is 18.5. The summed E-state index contributed by atoms with van der Waals surface area (Å²) in [6.07, 6.45) is 18.9. The van der Waals surface area contributed by atoms with Gasteiger partial charge in [-0.05, 0) is 66.4 Å². The molecule has 1 aromatic rings. The van der Waals surface area contributed by atoms with Crippen molar-refractivity contribution in [1.82, 2.24) is 0 Å². The molecule has 0 saturated carbocycles. The molecular weight excluding hydrogens is 504 g/mol. The van der Waals surface area contributed by atoms with E-state index in [0.717, 1.165) is 47.7 Å². The largest absolute Gasteiger partial charge is 0.374 e. The molecule has 0 amide bonds. The van der Waals surface area contributed by atoms with Gasteiger partial charge in [0.2, 0.25) is 0 Å². The normalized spacial score (nSPS) is 12.3. The minimum absolute atomic E-state index is 0.168. The smallest absolute Gasteiger partial charge is 0.269 e. The van der Waals surface area contributed by atoms with Gasteiger partial charge in [-0.2, -0.15) is 0 Å². The molecule has 0 heterocycles. The summed E-state index contributed by atoms with van der Waals surface area (Å²) in [6, 6.07) is 7.11. The van der Waals surface area contributed by atoms with Crippen molar-refractivity contribution < 1.29 is 4.92 Å². The highest BCUT2D eigenvalue weighted by molar-refractivity contribution is 5.50. The Morgan fingerprint density at radius 2 is 0.902 bits per heavy atom. The van der Waals surface area contributed by atoms with Crippen LogP contribution in [0.25, 0.3) is 0 Å². The van der Waals surface area contributed by atoms with E-state index in [-0.39, 0.29) is 10.6 Å². The third-order valence-electron chi connectivity index (χ3n) is 9.09. The monoisotopic (exact) mass is 573 g/mol. The van der Waals surface area contributed by atoms with E-state index >= 15 is 0 Å². The van der Waals surface area contributed by atoms with Gasteiger partial charge in [0.05, 0.1) is 4.92 Å². The van der Waals surface area contributed by atoms with Gasteiger partial charge in [-0.25, -0.2) is 0 Å². The lowest BCUT2D eigenvalue weighted by molar-refractivity contribution is -0.384. The molecule has 0 aliphatic carbocycles. The molecule has 0 radical (unpaired) electrons. The van der Waals surface area contributed by atoms with Crippen molar-refractivity contribution in [2.75, 3.05) is 18.5 Å². The van der Waals surface area contributed by atoms with Gasteiger partial charge in [-0.3, -0.25) is 10.1 Å². The first-order valence-corrected chi connectivity index (χ1v) is 17.3. The van der Waals surface area contributed by atoms with Crippen LogP contribution in [-0.4, -0.2) is 18.5 Å². The highest BCUT2D eigenvalue weighted by atomic mass is 16.6. The molecule has 4 heteroatoms. The number of rotatable bonds is 24. The van der Waals surface area contributed by atoms with Crippen LogP contribution in [0.15, 0.2) is 24.3 Å². The number of nitro benzene ring substituents is 1. The average molecular weight is 573 g/mol. The molecule has 0 aromatic heterocycles. The highest BCUT2D eigenvalue weighted by Crippen LogP contribution is 2.30. The molecule has 1 rings (SSSR count). The number of hydrogen-bond acceptors (Lipinski definition) is 3. The Labute approximate surface area is 255 Å². The predicted molar refractivity (Wildman–Crippen MR) is 181 cm³/mol. The standard InChI is InChI=1S/C37H68N2O2/c1-29(2)16-20-33(21-17-30(3)4)12-10-14-35(28-38(9)36-24-26-37(27-25-36)39(40)41)15-11-13-34(22-18-31(5)6)23-19-32(7)8/h24-27,29-35H,10-23,28H2,1-9H3. The number of hydrogen-bond donors (Lipinski definition) is 0. The maximum atomic E-state index is 11.1. The molecule has 0 saturated heterocycles. The van der Waals surface area contributed by atoms with Crippen molar-refractivity contribution in [3.8, 4) is 0 Å². The van der Waals surface area contributed by atoms with Gasteiger partial charge in [0.15, 0.2) is 0 Å². The topological polar surface area (TPSA) is 46.4 Å². The molecule has 41 heavy (non-hydrogen) atoms. The van der Waals surface area contributed by atoms with Crippen molar-refractivity contribution in [2.45, 2.75) is 145 Å². The van der Waals surface area contributed by atoms with Crippen LogP contribution in [-0.2, 0) is 0 Å². The Morgan fingerprint density at radius 1 is 0.561 bits per heavy atom. The fourth-order valence-electron chi connectivity index (χ4n) is 6.18. The second-order valence-corrected chi connectivity index (χ2v) is 15.0.